The van der Waals surface area contributed by atoms with Crippen LogP contribution in [0.1, 0.15) is 316 Å². The third-order valence-electron chi connectivity index (χ3n) is 15.8. The van der Waals surface area contributed by atoms with E-state index in [0.717, 1.165) is 148 Å². The van der Waals surface area contributed by atoms with Gasteiger partial charge in [-0.25, -0.2) is 9.13 Å². The molecule has 550 valence electrons. The second kappa shape index (κ2) is 70.3. The maximum atomic E-state index is 13.0. The Labute approximate surface area is 578 Å². The van der Waals surface area contributed by atoms with Crippen molar-refractivity contribution in [2.24, 2.45) is 0 Å². The van der Waals surface area contributed by atoms with Gasteiger partial charge in [0.2, 0.25) is 0 Å². The Bertz CT molecular complexity index is 2120. The van der Waals surface area contributed by atoms with Crippen molar-refractivity contribution in [1.29, 1.82) is 0 Å². The number of unbranched alkanes of at least 4 members (excludes halogenated alkanes) is 32. The molecule has 0 aromatic carbocycles. The highest BCUT2D eigenvalue weighted by Crippen LogP contribution is 2.45. The van der Waals surface area contributed by atoms with Gasteiger partial charge in [0, 0.05) is 19.3 Å². The maximum Gasteiger partial charge on any atom is 0.472 e. The van der Waals surface area contributed by atoms with Crippen molar-refractivity contribution in [2.45, 2.75) is 334 Å². The largest absolute Gasteiger partial charge is 0.472 e. The molecular weight excluding hydrogens is 1240 g/mol. The fourth-order valence-corrected chi connectivity index (χ4v) is 11.7. The normalized spacial score (nSPS) is 14.6. The van der Waals surface area contributed by atoms with E-state index in [1.807, 2.05) is 0 Å². The molecule has 0 aliphatic heterocycles. The average molecular weight is 1380 g/mol. The Hall–Kier alpha value is -3.53. The first-order chi connectivity index (χ1) is 46.2. The number of ether oxygens (including phenoxy) is 3. The summed E-state index contributed by atoms with van der Waals surface area (Å²) in [4.78, 5) is 58.5. The van der Waals surface area contributed by atoms with Crippen molar-refractivity contribution in [3.05, 3.63) is 97.2 Å². The Morgan fingerprint density at radius 1 is 0.305 bits per heavy atom. The van der Waals surface area contributed by atoms with Gasteiger partial charge in [-0.3, -0.25) is 32.5 Å². The van der Waals surface area contributed by atoms with Crippen LogP contribution in [0.3, 0.4) is 0 Å². The van der Waals surface area contributed by atoms with E-state index in [9.17, 15) is 43.5 Å². The summed E-state index contributed by atoms with van der Waals surface area (Å²) in [5, 5.41) is 20.6. The summed E-state index contributed by atoms with van der Waals surface area (Å²) in [5.41, 5.74) is 0. The lowest BCUT2D eigenvalue weighted by Gasteiger charge is -2.21. The van der Waals surface area contributed by atoms with Gasteiger partial charge in [0.15, 0.2) is 6.10 Å². The van der Waals surface area contributed by atoms with E-state index >= 15 is 0 Å². The summed E-state index contributed by atoms with van der Waals surface area (Å²) in [6, 6.07) is 0. The third kappa shape index (κ3) is 71.6. The molecular formula is C77H136O16P2. The van der Waals surface area contributed by atoms with E-state index in [1.165, 1.54) is 109 Å². The first-order valence-electron chi connectivity index (χ1n) is 37.5. The molecule has 0 saturated heterocycles. The average Bonchev–Trinajstić information content (AvgIpc) is 2.24. The number of aliphatic hydroxyl groups excluding tert-OH is 2. The molecule has 0 rings (SSSR count). The Morgan fingerprint density at radius 2 is 0.558 bits per heavy atom. The number of aliphatic hydroxyl groups is 2. The Morgan fingerprint density at radius 3 is 0.905 bits per heavy atom. The number of rotatable bonds is 71. The molecule has 0 aliphatic carbocycles. The SMILES string of the molecule is CC/C=C\C/C=C\C/C=C\C/C=C\C/C=C\CCCCCCCCCCCC(=O)OCC(O)COP(=O)(O)OCC(O)COP(=O)(O)OCC(COC(=O)CCCCCCCC/C=C\C/C=C\C/C=C\CCCCC)OC(=O)CCCCCCCCCCCCCCCCC. The fraction of sp³-hybridized carbons (Fsp3) is 0.753. The van der Waals surface area contributed by atoms with Crippen LogP contribution in [0.5, 0.6) is 0 Å². The molecule has 5 unspecified atom stereocenters. The number of phosphoric ester groups is 2. The second-order valence-corrected chi connectivity index (χ2v) is 28.0. The molecule has 4 N–H and O–H groups in total. The lowest BCUT2D eigenvalue weighted by molar-refractivity contribution is -0.161. The number of esters is 3. The molecule has 0 amide bonds. The molecule has 0 aliphatic rings. The van der Waals surface area contributed by atoms with Crippen molar-refractivity contribution >= 4 is 33.6 Å². The number of hydrogen-bond acceptors (Lipinski definition) is 14. The molecule has 5 atom stereocenters. The van der Waals surface area contributed by atoms with Crippen LogP contribution in [-0.4, -0.2) is 95.9 Å². The van der Waals surface area contributed by atoms with E-state index in [4.69, 9.17) is 32.3 Å². The van der Waals surface area contributed by atoms with Gasteiger partial charge < -0.3 is 34.2 Å². The van der Waals surface area contributed by atoms with Crippen molar-refractivity contribution in [3.63, 3.8) is 0 Å². The smallest absolute Gasteiger partial charge is 0.463 e. The molecule has 0 bridgehead atoms. The predicted molar refractivity (Wildman–Crippen MR) is 390 cm³/mol. The topological polar surface area (TPSA) is 231 Å². The first-order valence-corrected chi connectivity index (χ1v) is 40.5. The monoisotopic (exact) mass is 1380 g/mol. The van der Waals surface area contributed by atoms with Crippen LogP contribution >= 0.6 is 15.6 Å². The van der Waals surface area contributed by atoms with Gasteiger partial charge in [0.05, 0.1) is 26.4 Å². The van der Waals surface area contributed by atoms with Gasteiger partial charge in [-0.1, -0.05) is 291 Å². The molecule has 0 radical (unpaired) electrons. The van der Waals surface area contributed by atoms with Crippen LogP contribution in [0, 0.1) is 0 Å². The van der Waals surface area contributed by atoms with Crippen LogP contribution in [0.2, 0.25) is 0 Å². The molecule has 0 aromatic heterocycles. The van der Waals surface area contributed by atoms with Crippen molar-refractivity contribution < 1.29 is 75.8 Å². The van der Waals surface area contributed by atoms with Gasteiger partial charge in [-0.15, -0.1) is 0 Å². The second-order valence-electron chi connectivity index (χ2n) is 25.1. The summed E-state index contributed by atoms with van der Waals surface area (Å²) in [6.07, 6.45) is 78.7. The number of hydrogen-bond donors (Lipinski definition) is 4. The van der Waals surface area contributed by atoms with E-state index in [-0.39, 0.29) is 19.3 Å². The van der Waals surface area contributed by atoms with E-state index < -0.39 is 91.5 Å². The molecule has 95 heavy (non-hydrogen) atoms. The van der Waals surface area contributed by atoms with Crippen molar-refractivity contribution in [1.82, 2.24) is 0 Å². The number of carbonyl (C=O) groups excluding carboxylic acids is 3. The standard InChI is InChI=1S/C77H136O16P2/c1-4-7-10-13-16-19-22-25-28-30-32-33-34-35-36-37-39-41-43-45-48-51-54-57-60-63-75(80)87-66-72(78)67-89-94(83,84)90-68-73(79)69-91-95(85,86)92-71-74(93-77(82)65-62-59-56-53-50-47-42-27-24-21-18-15-12-9-6-3)70-88-76(81)64-61-58-55-52-49-46-44-40-38-31-29-26-23-20-17-14-11-8-5-2/h7,10,16-17,19-20,25-26,28-29,32-33,35-36,38,40,72-74,78-79H,4-6,8-9,11-15,18,21-24,27,30-31,34,37,39,41-71H2,1-3H3,(H,83,84)(H,85,86)/b10-7-,19-16-,20-17-,28-25-,29-26-,33-32-,36-35-,40-38-. The minimum atomic E-state index is -4.93. The number of phosphoric acid groups is 2. The van der Waals surface area contributed by atoms with E-state index in [2.05, 4.69) is 118 Å². The number of allylic oxidation sites excluding steroid dienone is 16. The molecule has 16 nitrogen and oxygen atoms in total. The van der Waals surface area contributed by atoms with E-state index in [1.54, 1.807) is 0 Å². The van der Waals surface area contributed by atoms with Gasteiger partial charge in [-0.2, -0.15) is 0 Å². The van der Waals surface area contributed by atoms with Crippen LogP contribution in [-0.2, 0) is 55.8 Å². The summed E-state index contributed by atoms with van der Waals surface area (Å²) in [6.45, 7) is 2.55. The summed E-state index contributed by atoms with van der Waals surface area (Å²) in [5.74, 6) is -1.58. The molecule has 0 saturated carbocycles. The van der Waals surface area contributed by atoms with Gasteiger partial charge >= 0.3 is 33.6 Å². The Kier molecular flexibility index (Phi) is 67.7. The zero-order chi connectivity index (χ0) is 69.5. The minimum Gasteiger partial charge on any atom is -0.463 e. The summed E-state index contributed by atoms with van der Waals surface area (Å²) < 4.78 is 61.1. The van der Waals surface area contributed by atoms with Gasteiger partial charge in [-0.05, 0) is 103 Å². The van der Waals surface area contributed by atoms with Gasteiger partial charge in [0.25, 0.3) is 0 Å². The zero-order valence-electron chi connectivity index (χ0n) is 59.8. The van der Waals surface area contributed by atoms with Crippen LogP contribution in [0.25, 0.3) is 0 Å². The molecule has 0 aromatic rings. The zero-order valence-corrected chi connectivity index (χ0v) is 61.6. The first kappa shape index (κ1) is 91.5. The highest BCUT2D eigenvalue weighted by molar-refractivity contribution is 7.47. The maximum absolute atomic E-state index is 13.0. The van der Waals surface area contributed by atoms with Gasteiger partial charge in [0.1, 0.15) is 25.4 Å². The molecule has 0 spiro atoms. The van der Waals surface area contributed by atoms with Crippen LogP contribution in [0.4, 0.5) is 0 Å². The summed E-state index contributed by atoms with van der Waals surface area (Å²) >= 11 is 0. The molecule has 0 heterocycles. The predicted octanol–water partition coefficient (Wildman–Crippen LogP) is 21.4. The van der Waals surface area contributed by atoms with Crippen molar-refractivity contribution in [2.75, 3.05) is 39.6 Å². The molecule has 18 heteroatoms. The summed E-state index contributed by atoms with van der Waals surface area (Å²) in [7, 11) is -9.78. The van der Waals surface area contributed by atoms with Crippen LogP contribution < -0.4 is 0 Å². The Balaban J connectivity index is 4.59. The van der Waals surface area contributed by atoms with E-state index in [0.29, 0.717) is 19.3 Å². The highest BCUT2D eigenvalue weighted by Gasteiger charge is 2.29. The number of carbonyl (C=O) groups is 3. The van der Waals surface area contributed by atoms with Crippen molar-refractivity contribution in [3.8, 4) is 0 Å². The quantitative estimate of drug-likeness (QED) is 0.0146. The fourth-order valence-electron chi connectivity index (χ4n) is 10.1. The lowest BCUT2D eigenvalue weighted by Crippen LogP contribution is -2.30. The third-order valence-corrected chi connectivity index (χ3v) is 17.7. The molecule has 0 fully saturated rings. The van der Waals surface area contributed by atoms with Crippen LogP contribution in [0.15, 0.2) is 97.2 Å². The highest BCUT2D eigenvalue weighted by atomic mass is 31.2. The minimum absolute atomic E-state index is 0.105. The lowest BCUT2D eigenvalue weighted by atomic mass is 10.0.